The van der Waals surface area contributed by atoms with Gasteiger partial charge in [0.05, 0.1) is 18.1 Å². The highest BCUT2D eigenvalue weighted by Crippen LogP contribution is 2.02. The van der Waals surface area contributed by atoms with E-state index in [2.05, 4.69) is 9.97 Å². The molecule has 0 aliphatic heterocycles. The largest absolute Gasteiger partial charge is 0.361 e. The molecule has 68 valence electrons. The second kappa shape index (κ2) is 5.52. The van der Waals surface area contributed by atoms with Crippen LogP contribution in [-0.4, -0.2) is 24.1 Å². The summed E-state index contributed by atoms with van der Waals surface area (Å²) in [6.07, 6.45) is 3.52. The summed E-state index contributed by atoms with van der Waals surface area (Å²) in [5.41, 5.74) is 0.950. The van der Waals surface area contributed by atoms with Gasteiger partial charge in [-0.05, 0) is 6.92 Å². The van der Waals surface area contributed by atoms with Crippen molar-refractivity contribution < 1.29 is 0 Å². The van der Waals surface area contributed by atoms with E-state index in [1.807, 2.05) is 39.8 Å². The molecule has 0 saturated heterocycles. The number of rotatable bonds is 1. The van der Waals surface area contributed by atoms with Crippen LogP contribution in [0.1, 0.15) is 19.5 Å². The van der Waals surface area contributed by atoms with E-state index in [1.165, 1.54) is 0 Å². The van der Waals surface area contributed by atoms with Crippen molar-refractivity contribution in [3.8, 4) is 0 Å². The van der Waals surface area contributed by atoms with Crippen molar-refractivity contribution in [3.05, 3.63) is 18.1 Å². The van der Waals surface area contributed by atoms with E-state index >= 15 is 0 Å². The van der Waals surface area contributed by atoms with Crippen molar-refractivity contribution >= 4 is 5.82 Å². The van der Waals surface area contributed by atoms with Gasteiger partial charge in [0.2, 0.25) is 0 Å². The number of hydrogen-bond donors (Lipinski definition) is 0. The lowest BCUT2D eigenvalue weighted by Gasteiger charge is -2.09. The summed E-state index contributed by atoms with van der Waals surface area (Å²) in [4.78, 5) is 10.2. The van der Waals surface area contributed by atoms with Crippen molar-refractivity contribution in [3.63, 3.8) is 0 Å². The second-order valence-corrected chi connectivity index (χ2v) is 2.41. The Hall–Kier alpha value is -1.12. The van der Waals surface area contributed by atoms with Crippen molar-refractivity contribution in [1.82, 2.24) is 9.97 Å². The summed E-state index contributed by atoms with van der Waals surface area (Å²) >= 11 is 0. The molecule has 0 fully saturated rings. The van der Waals surface area contributed by atoms with Gasteiger partial charge < -0.3 is 4.90 Å². The van der Waals surface area contributed by atoms with Crippen LogP contribution < -0.4 is 4.90 Å². The van der Waals surface area contributed by atoms with Crippen LogP contribution in [0, 0.1) is 6.92 Å². The van der Waals surface area contributed by atoms with Gasteiger partial charge in [-0.15, -0.1) is 0 Å². The molecular weight excluding hydrogens is 150 g/mol. The molecule has 1 heterocycles. The maximum absolute atomic E-state index is 4.14. The molecule has 1 aromatic heterocycles. The number of aromatic nitrogens is 2. The third-order valence-corrected chi connectivity index (χ3v) is 1.23. The third-order valence-electron chi connectivity index (χ3n) is 1.23. The summed E-state index contributed by atoms with van der Waals surface area (Å²) in [6.45, 7) is 5.92. The first-order valence-electron chi connectivity index (χ1n) is 4.16. The zero-order chi connectivity index (χ0) is 9.56. The van der Waals surface area contributed by atoms with E-state index in [9.17, 15) is 0 Å². The molecule has 0 atom stereocenters. The Labute approximate surface area is 74.5 Å². The Morgan fingerprint density at radius 1 is 1.08 bits per heavy atom. The van der Waals surface area contributed by atoms with Crippen molar-refractivity contribution in [1.29, 1.82) is 0 Å². The minimum atomic E-state index is 0.894. The van der Waals surface area contributed by atoms with Crippen LogP contribution in [-0.2, 0) is 0 Å². The van der Waals surface area contributed by atoms with Crippen molar-refractivity contribution in [2.24, 2.45) is 0 Å². The topological polar surface area (TPSA) is 29.0 Å². The fourth-order valence-corrected chi connectivity index (χ4v) is 0.617. The van der Waals surface area contributed by atoms with Crippen LogP contribution >= 0.6 is 0 Å². The zero-order valence-corrected chi connectivity index (χ0v) is 8.50. The van der Waals surface area contributed by atoms with Crippen LogP contribution in [0.4, 0.5) is 5.82 Å². The summed E-state index contributed by atoms with van der Waals surface area (Å²) in [6, 6.07) is 0. The third kappa shape index (κ3) is 3.32. The molecule has 3 nitrogen and oxygen atoms in total. The lowest BCUT2D eigenvalue weighted by atomic mass is 10.5. The first kappa shape index (κ1) is 10.9. The molecule has 0 saturated carbocycles. The van der Waals surface area contributed by atoms with Gasteiger partial charge in [-0.2, -0.15) is 0 Å². The monoisotopic (exact) mass is 167 g/mol. The lowest BCUT2D eigenvalue weighted by molar-refractivity contribution is 1.02. The Morgan fingerprint density at radius 3 is 2.00 bits per heavy atom. The van der Waals surface area contributed by atoms with E-state index in [0.29, 0.717) is 0 Å². The molecule has 0 radical (unpaired) electrons. The second-order valence-electron chi connectivity index (χ2n) is 2.41. The molecule has 0 aromatic carbocycles. The van der Waals surface area contributed by atoms with Crippen LogP contribution in [0.25, 0.3) is 0 Å². The molecule has 0 aliphatic rings. The molecule has 1 aromatic rings. The first-order chi connectivity index (χ1) is 5.70. The van der Waals surface area contributed by atoms with Gasteiger partial charge in [0.15, 0.2) is 0 Å². The fraction of sp³-hybridized carbons (Fsp3) is 0.556. The number of hydrogen-bond acceptors (Lipinski definition) is 3. The maximum atomic E-state index is 4.14. The zero-order valence-electron chi connectivity index (χ0n) is 8.50. The van der Waals surface area contributed by atoms with Gasteiger partial charge in [-0.1, -0.05) is 13.8 Å². The van der Waals surface area contributed by atoms with Crippen molar-refractivity contribution in [2.75, 3.05) is 19.0 Å². The predicted octanol–water partition coefficient (Wildman–Crippen LogP) is 1.88. The average Bonchev–Trinajstić information content (AvgIpc) is 2.09. The Bertz CT molecular complexity index is 204. The van der Waals surface area contributed by atoms with Crippen LogP contribution in [0.5, 0.6) is 0 Å². The highest BCUT2D eigenvalue weighted by molar-refractivity contribution is 5.32. The molecule has 0 aliphatic carbocycles. The summed E-state index contributed by atoms with van der Waals surface area (Å²) < 4.78 is 0. The quantitative estimate of drug-likeness (QED) is 0.639. The molecule has 3 heteroatoms. The normalized spacial score (nSPS) is 8.42. The Balaban J connectivity index is 0.000000561. The van der Waals surface area contributed by atoms with E-state index in [4.69, 9.17) is 0 Å². The van der Waals surface area contributed by atoms with Gasteiger partial charge in [0.25, 0.3) is 0 Å². The molecular formula is C9H17N3. The first-order valence-corrected chi connectivity index (χ1v) is 4.16. The van der Waals surface area contributed by atoms with Crippen LogP contribution in [0.3, 0.4) is 0 Å². The molecule has 0 bridgehead atoms. The highest BCUT2D eigenvalue weighted by Gasteiger charge is 1.93. The molecule has 1 rings (SSSR count). The smallest absolute Gasteiger partial charge is 0.146 e. The van der Waals surface area contributed by atoms with E-state index < -0.39 is 0 Å². The average molecular weight is 167 g/mol. The standard InChI is InChI=1S/C7H11N3.C2H6/c1-6-4-9-7(5-8-6)10(2)3;1-2/h4-5H,1-3H3;1-2H3. The van der Waals surface area contributed by atoms with Gasteiger partial charge in [0.1, 0.15) is 5.82 Å². The van der Waals surface area contributed by atoms with Gasteiger partial charge in [0, 0.05) is 14.1 Å². The number of anilines is 1. The summed E-state index contributed by atoms with van der Waals surface area (Å²) in [7, 11) is 3.89. The number of aryl methyl sites for hydroxylation is 1. The summed E-state index contributed by atoms with van der Waals surface area (Å²) in [5, 5.41) is 0. The van der Waals surface area contributed by atoms with Gasteiger partial charge >= 0.3 is 0 Å². The molecule has 0 unspecified atom stereocenters. The molecule has 12 heavy (non-hydrogen) atoms. The minimum absolute atomic E-state index is 0.894. The Kier molecular flexibility index (Phi) is 5.00. The summed E-state index contributed by atoms with van der Waals surface area (Å²) in [5.74, 6) is 0.894. The van der Waals surface area contributed by atoms with Crippen molar-refractivity contribution in [2.45, 2.75) is 20.8 Å². The number of nitrogens with zero attached hydrogens (tertiary/aromatic N) is 3. The maximum Gasteiger partial charge on any atom is 0.146 e. The lowest BCUT2D eigenvalue weighted by Crippen LogP contribution is -2.10. The van der Waals surface area contributed by atoms with Gasteiger partial charge in [-0.3, -0.25) is 4.98 Å². The molecule has 0 spiro atoms. The SMILES string of the molecule is CC.Cc1cnc(N(C)C)cn1. The molecule has 0 N–H and O–H groups in total. The Morgan fingerprint density at radius 2 is 1.67 bits per heavy atom. The van der Waals surface area contributed by atoms with E-state index in [-0.39, 0.29) is 0 Å². The van der Waals surface area contributed by atoms with E-state index in [1.54, 1.807) is 12.4 Å². The fourth-order valence-electron chi connectivity index (χ4n) is 0.617. The molecule has 0 amide bonds. The predicted molar refractivity (Wildman–Crippen MR) is 52.4 cm³/mol. The van der Waals surface area contributed by atoms with Crippen LogP contribution in [0.15, 0.2) is 12.4 Å². The minimum Gasteiger partial charge on any atom is -0.361 e. The highest BCUT2D eigenvalue weighted by atomic mass is 15.1. The van der Waals surface area contributed by atoms with Gasteiger partial charge in [-0.25, -0.2) is 4.98 Å². The van der Waals surface area contributed by atoms with Crippen LogP contribution in [0.2, 0.25) is 0 Å². The van der Waals surface area contributed by atoms with E-state index in [0.717, 1.165) is 11.5 Å².